The molecule has 0 spiro atoms. The Hall–Kier alpha value is -2.44. The van der Waals surface area contributed by atoms with Gasteiger partial charge >= 0.3 is 0 Å². The van der Waals surface area contributed by atoms with E-state index >= 15 is 0 Å². The van der Waals surface area contributed by atoms with E-state index in [0.717, 1.165) is 37.6 Å². The van der Waals surface area contributed by atoms with E-state index < -0.39 is 0 Å². The van der Waals surface area contributed by atoms with Crippen LogP contribution in [0.2, 0.25) is 0 Å². The lowest BCUT2D eigenvalue weighted by molar-refractivity contribution is 0.0702. The Labute approximate surface area is 155 Å². The normalized spacial score (nSPS) is 16.0. The molecule has 3 heterocycles. The summed E-state index contributed by atoms with van der Waals surface area (Å²) in [5.41, 5.74) is 0.437. The van der Waals surface area contributed by atoms with Gasteiger partial charge in [0, 0.05) is 51.0 Å². The van der Waals surface area contributed by atoms with Gasteiger partial charge in [-0.2, -0.15) is 5.10 Å². The van der Waals surface area contributed by atoms with Gasteiger partial charge in [-0.3, -0.25) is 9.48 Å². The van der Waals surface area contributed by atoms with Gasteiger partial charge in [-0.15, -0.1) is 0 Å². The third-order valence-corrected chi connectivity index (χ3v) is 4.90. The fourth-order valence-electron chi connectivity index (χ4n) is 3.24. The minimum absolute atomic E-state index is 0.0129. The second kappa shape index (κ2) is 7.05. The van der Waals surface area contributed by atoms with Crippen LogP contribution in [-0.4, -0.2) is 56.7 Å². The van der Waals surface area contributed by atoms with E-state index in [0.29, 0.717) is 5.69 Å². The molecule has 0 saturated carbocycles. The fraction of sp³-hybridized carbons (Fsp3) is 0.579. The van der Waals surface area contributed by atoms with Gasteiger partial charge in [0.05, 0.1) is 0 Å². The topological polar surface area (TPSA) is 67.2 Å². The molecule has 7 heteroatoms. The Kier molecular flexibility index (Phi) is 4.98. The van der Waals surface area contributed by atoms with Gasteiger partial charge in [0.2, 0.25) is 0 Å². The summed E-state index contributed by atoms with van der Waals surface area (Å²) < 4.78 is 1.66. The maximum Gasteiger partial charge on any atom is 0.274 e. The van der Waals surface area contributed by atoms with Crippen molar-refractivity contribution in [2.75, 3.05) is 25.0 Å². The SMILES string of the molecule is CN(C(=O)c1ccn(C)n1)C1CCN(c2ccnc(C(C)(C)C)n2)CC1. The highest BCUT2D eigenvalue weighted by atomic mass is 16.2. The number of piperidine rings is 1. The number of carbonyl (C=O) groups is 1. The van der Waals surface area contributed by atoms with Crippen molar-refractivity contribution in [3.05, 3.63) is 36.0 Å². The average molecular weight is 356 g/mol. The molecule has 2 aromatic rings. The van der Waals surface area contributed by atoms with Gasteiger partial charge in [0.1, 0.15) is 17.3 Å². The number of nitrogens with zero attached hydrogens (tertiary/aromatic N) is 6. The van der Waals surface area contributed by atoms with Crippen LogP contribution in [-0.2, 0) is 12.5 Å². The zero-order valence-electron chi connectivity index (χ0n) is 16.3. The van der Waals surface area contributed by atoms with Crippen molar-refractivity contribution < 1.29 is 4.79 Å². The number of anilines is 1. The first-order valence-corrected chi connectivity index (χ1v) is 9.11. The molecule has 0 radical (unpaired) electrons. The van der Waals surface area contributed by atoms with Crippen molar-refractivity contribution in [2.45, 2.75) is 45.1 Å². The summed E-state index contributed by atoms with van der Waals surface area (Å²) in [5.74, 6) is 1.82. The number of hydrogen-bond acceptors (Lipinski definition) is 5. The van der Waals surface area contributed by atoms with Crippen molar-refractivity contribution in [1.82, 2.24) is 24.6 Å². The zero-order valence-corrected chi connectivity index (χ0v) is 16.3. The predicted octanol–water partition coefficient (Wildman–Crippen LogP) is 2.25. The Balaban J connectivity index is 1.63. The van der Waals surface area contributed by atoms with E-state index in [1.807, 2.05) is 31.3 Å². The third-order valence-electron chi connectivity index (χ3n) is 4.90. The van der Waals surface area contributed by atoms with Crippen molar-refractivity contribution in [1.29, 1.82) is 0 Å². The van der Waals surface area contributed by atoms with Crippen LogP contribution in [0.25, 0.3) is 0 Å². The molecule has 0 aliphatic carbocycles. The van der Waals surface area contributed by atoms with E-state index in [9.17, 15) is 4.79 Å². The Morgan fingerprint density at radius 2 is 1.92 bits per heavy atom. The number of rotatable bonds is 3. The van der Waals surface area contributed by atoms with Crippen LogP contribution < -0.4 is 4.90 Å². The van der Waals surface area contributed by atoms with Crippen molar-refractivity contribution >= 4 is 11.7 Å². The summed E-state index contributed by atoms with van der Waals surface area (Å²) >= 11 is 0. The molecule has 1 fully saturated rings. The summed E-state index contributed by atoms with van der Waals surface area (Å²) in [6.07, 6.45) is 5.48. The number of carbonyl (C=O) groups excluding carboxylic acids is 1. The predicted molar refractivity (Wildman–Crippen MR) is 101 cm³/mol. The van der Waals surface area contributed by atoms with Crippen molar-refractivity contribution in [2.24, 2.45) is 7.05 Å². The lowest BCUT2D eigenvalue weighted by Crippen LogP contribution is -2.46. The smallest absolute Gasteiger partial charge is 0.274 e. The maximum atomic E-state index is 12.6. The second-order valence-electron chi connectivity index (χ2n) is 8.00. The lowest BCUT2D eigenvalue weighted by Gasteiger charge is -2.37. The van der Waals surface area contributed by atoms with E-state index in [4.69, 9.17) is 4.98 Å². The van der Waals surface area contributed by atoms with Crippen LogP contribution >= 0.6 is 0 Å². The second-order valence-corrected chi connectivity index (χ2v) is 8.00. The highest BCUT2D eigenvalue weighted by molar-refractivity contribution is 5.92. The van der Waals surface area contributed by atoms with Crippen LogP contribution in [0.4, 0.5) is 5.82 Å². The third kappa shape index (κ3) is 3.86. The highest BCUT2D eigenvalue weighted by Gasteiger charge is 2.28. The molecule has 3 rings (SSSR count). The Morgan fingerprint density at radius 3 is 2.50 bits per heavy atom. The summed E-state index contributed by atoms with van der Waals surface area (Å²) in [7, 11) is 3.70. The first-order valence-electron chi connectivity index (χ1n) is 9.11. The van der Waals surface area contributed by atoms with Gasteiger partial charge in [-0.25, -0.2) is 9.97 Å². The molecule has 0 bridgehead atoms. The molecule has 0 N–H and O–H groups in total. The van der Waals surface area contributed by atoms with Crippen LogP contribution in [0.5, 0.6) is 0 Å². The molecule has 1 saturated heterocycles. The monoisotopic (exact) mass is 356 g/mol. The van der Waals surface area contributed by atoms with Gasteiger partial charge in [0.15, 0.2) is 0 Å². The van der Waals surface area contributed by atoms with Gasteiger partial charge in [-0.1, -0.05) is 20.8 Å². The van der Waals surface area contributed by atoms with Crippen molar-refractivity contribution in [3.63, 3.8) is 0 Å². The minimum Gasteiger partial charge on any atom is -0.356 e. The van der Waals surface area contributed by atoms with Gasteiger partial charge in [-0.05, 0) is 25.0 Å². The van der Waals surface area contributed by atoms with Gasteiger partial charge in [0.25, 0.3) is 5.91 Å². The van der Waals surface area contributed by atoms with Crippen LogP contribution in [0.3, 0.4) is 0 Å². The molecule has 1 amide bonds. The minimum atomic E-state index is -0.0658. The average Bonchev–Trinajstić information content (AvgIpc) is 3.06. The summed E-state index contributed by atoms with van der Waals surface area (Å²) in [6.45, 7) is 8.12. The molecular weight excluding hydrogens is 328 g/mol. The largest absolute Gasteiger partial charge is 0.356 e. The number of amides is 1. The maximum absolute atomic E-state index is 12.6. The quantitative estimate of drug-likeness (QED) is 0.844. The molecular formula is C19H28N6O. The molecule has 0 unspecified atom stereocenters. The first-order chi connectivity index (χ1) is 12.3. The molecule has 140 valence electrons. The molecule has 0 aromatic carbocycles. The molecule has 2 aromatic heterocycles. The Bertz CT molecular complexity index is 770. The van der Waals surface area contributed by atoms with Crippen LogP contribution in [0, 0.1) is 0 Å². The molecule has 26 heavy (non-hydrogen) atoms. The van der Waals surface area contributed by atoms with Crippen molar-refractivity contribution in [3.8, 4) is 0 Å². The zero-order chi connectivity index (χ0) is 18.9. The van der Waals surface area contributed by atoms with E-state index in [1.165, 1.54) is 0 Å². The molecule has 7 nitrogen and oxygen atoms in total. The fourth-order valence-corrected chi connectivity index (χ4v) is 3.24. The summed E-state index contributed by atoms with van der Waals surface area (Å²) in [6, 6.07) is 3.96. The van der Waals surface area contributed by atoms with E-state index in [-0.39, 0.29) is 17.4 Å². The highest BCUT2D eigenvalue weighted by Crippen LogP contribution is 2.24. The van der Waals surface area contributed by atoms with Gasteiger partial charge < -0.3 is 9.80 Å². The summed E-state index contributed by atoms with van der Waals surface area (Å²) in [5, 5.41) is 4.22. The van der Waals surface area contributed by atoms with E-state index in [2.05, 4.69) is 35.8 Å². The number of aromatic nitrogens is 4. The number of hydrogen-bond donors (Lipinski definition) is 0. The molecule has 0 atom stereocenters. The first kappa shape index (κ1) is 18.4. The Morgan fingerprint density at radius 1 is 1.23 bits per heavy atom. The molecule has 1 aliphatic heterocycles. The molecule has 1 aliphatic rings. The summed E-state index contributed by atoms with van der Waals surface area (Å²) in [4.78, 5) is 25.8. The lowest BCUT2D eigenvalue weighted by atomic mass is 9.96. The number of aryl methyl sites for hydroxylation is 1. The van der Waals surface area contributed by atoms with E-state index in [1.54, 1.807) is 16.9 Å². The standard InChI is InChI=1S/C19H28N6O/c1-19(2,3)18-20-10-6-16(21-18)25-12-7-14(8-13-25)24(5)17(26)15-9-11-23(4)22-15/h6,9-11,14H,7-8,12-13H2,1-5H3. The van der Waals surface area contributed by atoms with Crippen LogP contribution in [0.1, 0.15) is 49.9 Å². The van der Waals surface area contributed by atoms with Crippen LogP contribution in [0.15, 0.2) is 24.5 Å².